The van der Waals surface area contributed by atoms with Crippen LogP contribution in [0.5, 0.6) is 5.75 Å². The van der Waals surface area contributed by atoms with E-state index in [-0.39, 0.29) is 12.2 Å². The van der Waals surface area contributed by atoms with E-state index in [1.807, 2.05) is 24.3 Å². The van der Waals surface area contributed by atoms with Crippen LogP contribution in [0.4, 0.5) is 13.2 Å². The van der Waals surface area contributed by atoms with E-state index < -0.39 is 11.7 Å². The second-order valence-corrected chi connectivity index (χ2v) is 9.24. The molecule has 0 atom stereocenters. The first kappa shape index (κ1) is 22.7. The van der Waals surface area contributed by atoms with E-state index in [4.69, 9.17) is 4.74 Å². The van der Waals surface area contributed by atoms with Crippen molar-refractivity contribution in [3.05, 3.63) is 113 Å². The lowest BCUT2D eigenvalue weighted by Crippen LogP contribution is -2.25. The molecule has 1 aliphatic rings. The molecule has 36 heavy (non-hydrogen) atoms. The predicted octanol–water partition coefficient (Wildman–Crippen LogP) is 7.09. The van der Waals surface area contributed by atoms with Crippen LogP contribution in [-0.4, -0.2) is 11.1 Å². The first-order chi connectivity index (χ1) is 17.5. The van der Waals surface area contributed by atoms with Crippen LogP contribution in [-0.2, 0) is 32.3 Å². The maximum Gasteiger partial charge on any atom is 0.416 e. The molecule has 5 aromatic rings. The van der Waals surface area contributed by atoms with Gasteiger partial charge in [0.25, 0.3) is 0 Å². The zero-order valence-electron chi connectivity index (χ0n) is 19.6. The van der Waals surface area contributed by atoms with E-state index in [9.17, 15) is 13.2 Å². The van der Waals surface area contributed by atoms with Gasteiger partial charge in [-0.3, -0.25) is 0 Å². The van der Waals surface area contributed by atoms with Crippen molar-refractivity contribution in [2.75, 3.05) is 6.54 Å². The molecule has 6 heteroatoms. The Morgan fingerprint density at radius 1 is 0.861 bits per heavy atom. The zero-order chi connectivity index (χ0) is 24.7. The Kier molecular flexibility index (Phi) is 5.69. The summed E-state index contributed by atoms with van der Waals surface area (Å²) in [5.41, 5.74) is 4.35. The highest BCUT2D eigenvalue weighted by Crippen LogP contribution is 2.35. The van der Waals surface area contributed by atoms with Gasteiger partial charge >= 0.3 is 6.18 Å². The molecule has 0 bridgehead atoms. The number of hydrogen-bond acceptors (Lipinski definition) is 2. The SMILES string of the molecule is FC(F)(F)c1ccccc1COc1ccc2c(c1)c1c(n2Cc2ccc3ccccc3c2)CNCC1. The van der Waals surface area contributed by atoms with Crippen LogP contribution < -0.4 is 10.1 Å². The van der Waals surface area contributed by atoms with E-state index >= 15 is 0 Å². The number of fused-ring (bicyclic) bond motifs is 4. The molecule has 1 aliphatic heterocycles. The Bertz CT molecular complexity index is 1570. The van der Waals surface area contributed by atoms with Gasteiger partial charge in [0, 0.05) is 35.2 Å². The van der Waals surface area contributed by atoms with Crippen LogP contribution >= 0.6 is 0 Å². The second-order valence-electron chi connectivity index (χ2n) is 9.24. The number of alkyl halides is 3. The minimum absolute atomic E-state index is 0.130. The Morgan fingerprint density at radius 3 is 2.53 bits per heavy atom. The van der Waals surface area contributed by atoms with Gasteiger partial charge in [0.15, 0.2) is 0 Å². The summed E-state index contributed by atoms with van der Waals surface area (Å²) in [6.45, 7) is 2.29. The topological polar surface area (TPSA) is 26.2 Å². The van der Waals surface area contributed by atoms with Gasteiger partial charge in [0.05, 0.1) is 5.56 Å². The molecular weight excluding hydrogens is 461 g/mol. The van der Waals surface area contributed by atoms with E-state index in [0.29, 0.717) is 5.75 Å². The molecule has 0 unspecified atom stereocenters. The van der Waals surface area contributed by atoms with Crippen molar-refractivity contribution < 1.29 is 17.9 Å². The molecule has 182 valence electrons. The molecule has 0 fully saturated rings. The molecule has 6 rings (SSSR count). The largest absolute Gasteiger partial charge is 0.489 e. The van der Waals surface area contributed by atoms with Crippen molar-refractivity contribution in [2.24, 2.45) is 0 Å². The number of rotatable bonds is 5. The van der Waals surface area contributed by atoms with Gasteiger partial charge in [-0.25, -0.2) is 0 Å². The van der Waals surface area contributed by atoms with Crippen molar-refractivity contribution in [1.82, 2.24) is 9.88 Å². The first-order valence-corrected chi connectivity index (χ1v) is 12.1. The molecule has 2 heterocycles. The molecule has 1 N–H and O–H groups in total. The van der Waals surface area contributed by atoms with Crippen molar-refractivity contribution in [3.63, 3.8) is 0 Å². The molecule has 0 saturated heterocycles. The van der Waals surface area contributed by atoms with Gasteiger partial charge < -0.3 is 14.6 Å². The monoisotopic (exact) mass is 486 g/mol. The normalized spacial score (nSPS) is 13.8. The van der Waals surface area contributed by atoms with Gasteiger partial charge in [-0.15, -0.1) is 0 Å². The lowest BCUT2D eigenvalue weighted by molar-refractivity contribution is -0.138. The summed E-state index contributed by atoms with van der Waals surface area (Å²) in [6, 6.07) is 26.3. The molecule has 4 aromatic carbocycles. The van der Waals surface area contributed by atoms with E-state index in [1.165, 1.54) is 39.7 Å². The fourth-order valence-corrected chi connectivity index (χ4v) is 5.23. The number of nitrogens with zero attached hydrogens (tertiary/aromatic N) is 1. The Hall–Kier alpha value is -3.77. The lowest BCUT2D eigenvalue weighted by Gasteiger charge is -2.17. The minimum Gasteiger partial charge on any atom is -0.489 e. The Morgan fingerprint density at radius 2 is 1.67 bits per heavy atom. The smallest absolute Gasteiger partial charge is 0.416 e. The van der Waals surface area contributed by atoms with Crippen LogP contribution in [0.25, 0.3) is 21.7 Å². The average molecular weight is 487 g/mol. The summed E-state index contributed by atoms with van der Waals surface area (Å²) in [4.78, 5) is 0. The third kappa shape index (κ3) is 4.22. The van der Waals surface area contributed by atoms with Gasteiger partial charge in [-0.05, 0) is 65.2 Å². The molecule has 3 nitrogen and oxygen atoms in total. The maximum absolute atomic E-state index is 13.4. The van der Waals surface area contributed by atoms with Gasteiger partial charge in [0.2, 0.25) is 0 Å². The number of ether oxygens (including phenoxy) is 1. The highest BCUT2D eigenvalue weighted by molar-refractivity contribution is 5.88. The highest BCUT2D eigenvalue weighted by Gasteiger charge is 2.33. The maximum atomic E-state index is 13.4. The number of nitrogens with one attached hydrogen (secondary N) is 1. The minimum atomic E-state index is -4.41. The molecule has 0 saturated carbocycles. The number of halogens is 3. The third-order valence-corrected chi connectivity index (χ3v) is 6.97. The molecule has 0 amide bonds. The van der Waals surface area contributed by atoms with Crippen LogP contribution in [0.1, 0.15) is 27.9 Å². The van der Waals surface area contributed by atoms with E-state index in [1.54, 1.807) is 6.07 Å². The zero-order valence-corrected chi connectivity index (χ0v) is 19.6. The summed E-state index contributed by atoms with van der Waals surface area (Å²) < 4.78 is 48.4. The third-order valence-electron chi connectivity index (χ3n) is 6.97. The van der Waals surface area contributed by atoms with E-state index in [0.717, 1.165) is 43.0 Å². The molecule has 0 aliphatic carbocycles. The Balaban J connectivity index is 1.33. The van der Waals surface area contributed by atoms with Gasteiger partial charge in [-0.2, -0.15) is 13.2 Å². The van der Waals surface area contributed by atoms with Crippen molar-refractivity contribution in [3.8, 4) is 5.75 Å². The lowest BCUT2D eigenvalue weighted by atomic mass is 10.0. The predicted molar refractivity (Wildman–Crippen MR) is 136 cm³/mol. The van der Waals surface area contributed by atoms with Crippen molar-refractivity contribution >= 4 is 21.7 Å². The van der Waals surface area contributed by atoms with Crippen molar-refractivity contribution in [2.45, 2.75) is 32.3 Å². The molecule has 1 aromatic heterocycles. The molecular formula is C30H25F3N2O. The summed E-state index contributed by atoms with van der Waals surface area (Å²) >= 11 is 0. The first-order valence-electron chi connectivity index (χ1n) is 12.1. The highest BCUT2D eigenvalue weighted by atomic mass is 19.4. The van der Waals surface area contributed by atoms with Crippen LogP contribution in [0.3, 0.4) is 0 Å². The molecule has 0 spiro atoms. The summed E-state index contributed by atoms with van der Waals surface area (Å²) in [7, 11) is 0. The fourth-order valence-electron chi connectivity index (χ4n) is 5.23. The number of hydrogen-bond donors (Lipinski definition) is 1. The van der Waals surface area contributed by atoms with Gasteiger partial charge in [-0.1, -0.05) is 54.6 Å². The molecule has 0 radical (unpaired) electrons. The van der Waals surface area contributed by atoms with Crippen LogP contribution in [0.15, 0.2) is 84.9 Å². The van der Waals surface area contributed by atoms with Crippen LogP contribution in [0, 0.1) is 0 Å². The quantitative estimate of drug-likeness (QED) is 0.287. The number of aromatic nitrogens is 1. The summed E-state index contributed by atoms with van der Waals surface area (Å²) in [5.74, 6) is 0.573. The summed E-state index contributed by atoms with van der Waals surface area (Å²) in [6.07, 6.45) is -3.51. The van der Waals surface area contributed by atoms with Crippen LogP contribution in [0.2, 0.25) is 0 Å². The van der Waals surface area contributed by atoms with Gasteiger partial charge in [0.1, 0.15) is 12.4 Å². The van der Waals surface area contributed by atoms with Crippen molar-refractivity contribution in [1.29, 1.82) is 0 Å². The average Bonchev–Trinajstić information content (AvgIpc) is 3.20. The standard InChI is InChI=1S/C30H25F3N2O/c31-30(32,33)27-8-4-3-7-23(27)19-36-24-11-12-28-26(16-24)25-13-14-34-17-29(25)35(28)18-20-9-10-21-5-1-2-6-22(21)15-20/h1-12,15-16,34H,13-14,17-19H2. The Labute approximate surface area is 207 Å². The fraction of sp³-hybridized carbons (Fsp3) is 0.200. The summed E-state index contributed by atoms with van der Waals surface area (Å²) in [5, 5.41) is 7.02. The van der Waals surface area contributed by atoms with E-state index in [2.05, 4.69) is 46.3 Å². The number of benzene rings is 4. The second kappa shape index (κ2) is 9.03.